The van der Waals surface area contributed by atoms with E-state index in [1.807, 2.05) is 86.6 Å². The lowest BCUT2D eigenvalue weighted by Gasteiger charge is -2.12. The molecule has 0 saturated heterocycles. The summed E-state index contributed by atoms with van der Waals surface area (Å²) < 4.78 is 10.8. The molecule has 3 aromatic rings. The lowest BCUT2D eigenvalue weighted by Crippen LogP contribution is -2.14. The van der Waals surface area contributed by atoms with Crippen molar-refractivity contribution in [2.45, 2.75) is 26.4 Å². The minimum atomic E-state index is -0.0587. The van der Waals surface area contributed by atoms with Gasteiger partial charge in [-0.05, 0) is 80.1 Å². The SMILES string of the molecule is COc1ccc(CC(=O)Nc2ccc(Nc3ccc(OC(C)C)cc3)cc2)cc1. The Balaban J connectivity index is 1.53. The van der Waals surface area contributed by atoms with E-state index in [0.717, 1.165) is 34.1 Å². The Morgan fingerprint density at radius 3 is 1.86 bits per heavy atom. The molecule has 0 spiro atoms. The van der Waals surface area contributed by atoms with E-state index in [9.17, 15) is 4.79 Å². The van der Waals surface area contributed by atoms with Gasteiger partial charge in [-0.3, -0.25) is 4.79 Å². The Morgan fingerprint density at radius 1 is 0.793 bits per heavy atom. The summed E-state index contributed by atoms with van der Waals surface area (Å²) in [4.78, 5) is 12.3. The molecule has 1 amide bonds. The molecule has 3 rings (SSSR count). The molecule has 5 heteroatoms. The lowest BCUT2D eigenvalue weighted by atomic mass is 10.1. The van der Waals surface area contributed by atoms with Crippen LogP contribution in [0.3, 0.4) is 0 Å². The third-order valence-electron chi connectivity index (χ3n) is 4.21. The van der Waals surface area contributed by atoms with Gasteiger partial charge in [-0.2, -0.15) is 0 Å². The molecule has 5 nitrogen and oxygen atoms in total. The van der Waals surface area contributed by atoms with Crippen molar-refractivity contribution in [3.05, 3.63) is 78.4 Å². The highest BCUT2D eigenvalue weighted by Crippen LogP contribution is 2.22. The summed E-state index contributed by atoms with van der Waals surface area (Å²) in [5.74, 6) is 1.57. The number of ether oxygens (including phenoxy) is 2. The van der Waals surface area contributed by atoms with E-state index < -0.39 is 0 Å². The maximum absolute atomic E-state index is 12.3. The normalized spacial score (nSPS) is 10.5. The van der Waals surface area contributed by atoms with Crippen LogP contribution in [0, 0.1) is 0 Å². The van der Waals surface area contributed by atoms with Gasteiger partial charge in [-0.1, -0.05) is 12.1 Å². The van der Waals surface area contributed by atoms with Crippen LogP contribution in [0.4, 0.5) is 17.1 Å². The molecule has 0 radical (unpaired) electrons. The quantitative estimate of drug-likeness (QED) is 0.540. The third-order valence-corrected chi connectivity index (χ3v) is 4.21. The Hall–Kier alpha value is -3.47. The number of nitrogens with one attached hydrogen (secondary N) is 2. The summed E-state index contributed by atoms with van der Waals surface area (Å²) in [6.45, 7) is 4.01. The van der Waals surface area contributed by atoms with Crippen LogP contribution in [0.25, 0.3) is 0 Å². The van der Waals surface area contributed by atoms with Gasteiger partial charge in [0.25, 0.3) is 0 Å². The van der Waals surface area contributed by atoms with Crippen molar-refractivity contribution in [2.24, 2.45) is 0 Å². The fourth-order valence-corrected chi connectivity index (χ4v) is 2.83. The molecule has 0 unspecified atom stereocenters. The molecule has 0 fully saturated rings. The highest BCUT2D eigenvalue weighted by molar-refractivity contribution is 5.92. The molecule has 0 atom stereocenters. The highest BCUT2D eigenvalue weighted by atomic mass is 16.5. The second-order valence-electron chi connectivity index (χ2n) is 6.97. The van der Waals surface area contributed by atoms with E-state index in [2.05, 4.69) is 10.6 Å². The molecule has 150 valence electrons. The van der Waals surface area contributed by atoms with Crippen molar-refractivity contribution < 1.29 is 14.3 Å². The fraction of sp³-hybridized carbons (Fsp3) is 0.208. The first-order chi connectivity index (χ1) is 14.0. The van der Waals surface area contributed by atoms with Crippen molar-refractivity contribution in [1.29, 1.82) is 0 Å². The van der Waals surface area contributed by atoms with E-state index in [4.69, 9.17) is 9.47 Å². The molecule has 0 aromatic heterocycles. The van der Waals surface area contributed by atoms with Crippen LogP contribution in [0.15, 0.2) is 72.8 Å². The van der Waals surface area contributed by atoms with Gasteiger partial charge in [-0.15, -0.1) is 0 Å². The number of anilines is 3. The monoisotopic (exact) mass is 390 g/mol. The molecule has 0 aliphatic carbocycles. The summed E-state index contributed by atoms with van der Waals surface area (Å²) in [7, 11) is 1.62. The second kappa shape index (κ2) is 9.64. The summed E-state index contributed by atoms with van der Waals surface area (Å²) >= 11 is 0. The molecular weight excluding hydrogens is 364 g/mol. The maximum atomic E-state index is 12.3. The molecular formula is C24H26N2O3. The van der Waals surface area contributed by atoms with Crippen LogP contribution in [-0.4, -0.2) is 19.1 Å². The highest BCUT2D eigenvalue weighted by Gasteiger charge is 2.05. The maximum Gasteiger partial charge on any atom is 0.228 e. The zero-order valence-corrected chi connectivity index (χ0v) is 16.9. The second-order valence-corrected chi connectivity index (χ2v) is 6.97. The Labute approximate surface area is 171 Å². The predicted octanol–water partition coefficient (Wildman–Crippen LogP) is 5.41. The molecule has 0 bridgehead atoms. The van der Waals surface area contributed by atoms with Crippen molar-refractivity contribution in [3.8, 4) is 11.5 Å². The molecule has 0 aliphatic heterocycles. The van der Waals surface area contributed by atoms with Crippen LogP contribution in [0.2, 0.25) is 0 Å². The van der Waals surface area contributed by atoms with Gasteiger partial charge < -0.3 is 20.1 Å². The van der Waals surface area contributed by atoms with Crippen LogP contribution in [0.1, 0.15) is 19.4 Å². The van der Waals surface area contributed by atoms with E-state index in [-0.39, 0.29) is 12.0 Å². The summed E-state index contributed by atoms with van der Waals surface area (Å²) in [5.41, 5.74) is 3.61. The van der Waals surface area contributed by atoms with Gasteiger partial charge in [-0.25, -0.2) is 0 Å². The average Bonchev–Trinajstić information content (AvgIpc) is 2.71. The zero-order valence-electron chi connectivity index (χ0n) is 16.9. The van der Waals surface area contributed by atoms with E-state index in [1.54, 1.807) is 7.11 Å². The summed E-state index contributed by atoms with van der Waals surface area (Å²) in [6.07, 6.45) is 0.468. The Morgan fingerprint density at radius 2 is 1.31 bits per heavy atom. The van der Waals surface area contributed by atoms with Crippen LogP contribution < -0.4 is 20.1 Å². The predicted molar refractivity (Wildman–Crippen MR) is 117 cm³/mol. The minimum absolute atomic E-state index is 0.0587. The van der Waals surface area contributed by atoms with Crippen molar-refractivity contribution in [2.75, 3.05) is 17.7 Å². The van der Waals surface area contributed by atoms with Crippen molar-refractivity contribution >= 4 is 23.0 Å². The number of hydrogen-bond acceptors (Lipinski definition) is 4. The summed E-state index contributed by atoms with van der Waals surface area (Å²) in [6, 6.07) is 22.9. The number of hydrogen-bond donors (Lipinski definition) is 2. The van der Waals surface area contributed by atoms with Crippen molar-refractivity contribution in [1.82, 2.24) is 0 Å². The molecule has 0 saturated carbocycles. The Kier molecular flexibility index (Phi) is 6.74. The number of carbonyl (C=O) groups excluding carboxylic acids is 1. The van der Waals surface area contributed by atoms with Gasteiger partial charge in [0.1, 0.15) is 11.5 Å². The van der Waals surface area contributed by atoms with Crippen LogP contribution >= 0.6 is 0 Å². The van der Waals surface area contributed by atoms with E-state index in [0.29, 0.717) is 6.42 Å². The third kappa shape index (κ3) is 6.28. The van der Waals surface area contributed by atoms with Gasteiger partial charge in [0.05, 0.1) is 19.6 Å². The van der Waals surface area contributed by atoms with Gasteiger partial charge >= 0.3 is 0 Å². The first-order valence-electron chi connectivity index (χ1n) is 9.58. The van der Waals surface area contributed by atoms with Gasteiger partial charge in [0.2, 0.25) is 5.91 Å². The molecule has 0 heterocycles. The molecule has 2 N–H and O–H groups in total. The Bertz CT molecular complexity index is 918. The lowest BCUT2D eigenvalue weighted by molar-refractivity contribution is -0.115. The first kappa shape index (κ1) is 20.3. The van der Waals surface area contributed by atoms with Gasteiger partial charge in [0.15, 0.2) is 0 Å². The largest absolute Gasteiger partial charge is 0.497 e. The standard InChI is InChI=1S/C24H26N2O3/c1-17(2)29-23-14-10-20(11-15-23)25-19-6-8-21(9-7-19)26-24(27)16-18-4-12-22(28-3)13-5-18/h4-15,17,25H,16H2,1-3H3,(H,26,27). The number of benzene rings is 3. The van der Waals surface area contributed by atoms with Crippen LogP contribution in [-0.2, 0) is 11.2 Å². The van der Waals surface area contributed by atoms with E-state index >= 15 is 0 Å². The molecule has 3 aromatic carbocycles. The minimum Gasteiger partial charge on any atom is -0.497 e. The van der Waals surface area contributed by atoms with Gasteiger partial charge in [0, 0.05) is 17.1 Å². The van der Waals surface area contributed by atoms with Crippen molar-refractivity contribution in [3.63, 3.8) is 0 Å². The topological polar surface area (TPSA) is 59.6 Å². The zero-order chi connectivity index (χ0) is 20.6. The number of rotatable bonds is 8. The number of amides is 1. The number of carbonyl (C=O) groups is 1. The average molecular weight is 390 g/mol. The molecule has 29 heavy (non-hydrogen) atoms. The van der Waals surface area contributed by atoms with E-state index in [1.165, 1.54) is 0 Å². The first-order valence-corrected chi connectivity index (χ1v) is 9.58. The molecule has 0 aliphatic rings. The smallest absolute Gasteiger partial charge is 0.228 e. The fourth-order valence-electron chi connectivity index (χ4n) is 2.83. The number of methoxy groups -OCH3 is 1. The van der Waals surface area contributed by atoms with Crippen LogP contribution in [0.5, 0.6) is 11.5 Å². The summed E-state index contributed by atoms with van der Waals surface area (Å²) in [5, 5.41) is 6.26.